The van der Waals surface area contributed by atoms with Gasteiger partial charge in [0.25, 0.3) is 0 Å². The van der Waals surface area contributed by atoms with E-state index in [4.69, 9.17) is 23.4 Å². The van der Waals surface area contributed by atoms with E-state index in [0.29, 0.717) is 0 Å². The SMILES string of the molecule is COC(=O)C1=C(C(=O)OC)P23(C(=[N+]=[N-])C(O[Si](C)(C)C(C)(C)C)(C(C)(C)C)C(C(=O)OC)=C2C(=O)OC)N(C(C)=O)N3C(C)=C1. The van der Waals surface area contributed by atoms with Crippen LogP contribution in [-0.2, 0) is 47.3 Å². The molecule has 0 aromatic carbocycles. The second-order valence-electron chi connectivity index (χ2n) is 13.6. The molecule has 16 heteroatoms. The van der Waals surface area contributed by atoms with Crippen molar-refractivity contribution in [3.63, 3.8) is 0 Å². The molecule has 45 heavy (non-hydrogen) atoms. The molecule has 3 rings (SSSR count). The summed E-state index contributed by atoms with van der Waals surface area (Å²) >= 11 is 0. The number of hydrazine groups is 1. The zero-order valence-electron chi connectivity index (χ0n) is 28.4. The van der Waals surface area contributed by atoms with E-state index in [1.165, 1.54) is 24.7 Å². The minimum absolute atomic E-state index is 0.194. The van der Waals surface area contributed by atoms with Crippen molar-refractivity contribution in [2.45, 2.75) is 79.1 Å². The molecule has 1 atom stereocenters. The van der Waals surface area contributed by atoms with Crippen LogP contribution < -0.4 is 0 Å². The van der Waals surface area contributed by atoms with Crippen LogP contribution in [0.1, 0.15) is 55.4 Å². The van der Waals surface area contributed by atoms with E-state index in [0.717, 1.165) is 33.2 Å². The molecular weight excluding hydrogens is 623 g/mol. The molecule has 3 aliphatic heterocycles. The standard InChI is InChI=1S/C29H43N4O10PSi/c1-16-15-18(22(35)39-9)20(24(37)41-11)44(32(16)33(44)17(2)34)21(25(38)42-12)19(23(36)40-10)29(26(44)31-30,27(3,4)5)43-45(13,14)28(6,7)8/h15H,1-14H3. The number of rotatable bonds is 6. The fraction of sp³-hybridized carbons (Fsp3) is 0.586. The first-order valence-electron chi connectivity index (χ1n) is 14.1. The third kappa shape index (κ3) is 4.10. The average molecular weight is 667 g/mol. The normalized spacial score (nSPS) is 22.9. The first-order chi connectivity index (χ1) is 20.5. The van der Waals surface area contributed by atoms with Gasteiger partial charge in [-0.25, -0.2) is 0 Å². The van der Waals surface area contributed by atoms with Crippen LogP contribution in [0.3, 0.4) is 0 Å². The molecule has 14 nitrogen and oxygen atoms in total. The number of esters is 4. The first-order valence-corrected chi connectivity index (χ1v) is 19.1. The van der Waals surface area contributed by atoms with E-state index in [1.54, 1.807) is 20.8 Å². The Labute approximate surface area is 264 Å². The van der Waals surface area contributed by atoms with Crippen LogP contribution in [0.2, 0.25) is 18.1 Å². The minimum atomic E-state index is -5.55. The second-order valence-corrected chi connectivity index (χ2v) is 22.4. The van der Waals surface area contributed by atoms with Gasteiger partial charge in [0.1, 0.15) is 0 Å². The van der Waals surface area contributed by atoms with Crippen molar-refractivity contribution in [2.24, 2.45) is 5.41 Å². The average Bonchev–Trinajstić information content (AvgIpc) is 3.52. The number of carbonyl (C=O) groups excluding carboxylic acids is 5. The monoisotopic (exact) mass is 666 g/mol. The molecule has 1 amide bonds. The molecule has 0 aliphatic carbocycles. The van der Waals surface area contributed by atoms with Crippen molar-refractivity contribution in [1.82, 2.24) is 9.56 Å². The summed E-state index contributed by atoms with van der Waals surface area (Å²) in [5, 5.41) is -1.55. The molecule has 1 unspecified atom stereocenters. The number of amides is 1. The molecule has 0 radical (unpaired) electrons. The van der Waals surface area contributed by atoms with Crippen LogP contribution in [0.5, 0.6) is 0 Å². The fourth-order valence-corrected chi connectivity index (χ4v) is 15.6. The molecule has 248 valence electrons. The summed E-state index contributed by atoms with van der Waals surface area (Å²) in [6.45, 7) is 11.9. The van der Waals surface area contributed by atoms with E-state index in [1.807, 2.05) is 33.9 Å². The van der Waals surface area contributed by atoms with Gasteiger partial charge < -0.3 is 0 Å². The molecule has 1 fully saturated rings. The second kappa shape index (κ2) is 10.7. The maximum absolute atomic E-state index is 14.4. The molecule has 0 N–H and O–H groups in total. The maximum atomic E-state index is 14.4. The van der Waals surface area contributed by atoms with Crippen LogP contribution in [0.15, 0.2) is 33.5 Å². The topological polar surface area (TPSA) is 174 Å². The number of carbonyl (C=O) groups is 5. The van der Waals surface area contributed by atoms with Crippen LogP contribution in [-0.4, -0.2) is 91.9 Å². The summed E-state index contributed by atoms with van der Waals surface area (Å²) in [7, 11) is 1.22. The molecule has 0 aromatic rings. The number of nitrogens with zero attached hydrogens (tertiary/aromatic N) is 4. The van der Waals surface area contributed by atoms with Gasteiger partial charge in [0, 0.05) is 0 Å². The Bertz CT molecular complexity index is 1570. The van der Waals surface area contributed by atoms with Crippen LogP contribution in [0, 0.1) is 5.41 Å². The van der Waals surface area contributed by atoms with Gasteiger partial charge in [0.05, 0.1) is 0 Å². The molecule has 3 aliphatic rings. The van der Waals surface area contributed by atoms with Gasteiger partial charge in [0.15, 0.2) is 0 Å². The predicted octanol–water partition coefficient (Wildman–Crippen LogP) is 4.02. The van der Waals surface area contributed by atoms with E-state index >= 15 is 0 Å². The predicted molar refractivity (Wildman–Crippen MR) is 166 cm³/mol. The van der Waals surface area contributed by atoms with Crippen molar-refractivity contribution in [2.75, 3.05) is 28.4 Å². The van der Waals surface area contributed by atoms with Gasteiger partial charge in [-0.1, -0.05) is 0 Å². The van der Waals surface area contributed by atoms with Gasteiger partial charge in [0.2, 0.25) is 0 Å². The molecule has 1 saturated heterocycles. The Morgan fingerprint density at radius 3 is 1.69 bits per heavy atom. The van der Waals surface area contributed by atoms with Crippen LogP contribution in [0.4, 0.5) is 0 Å². The van der Waals surface area contributed by atoms with Crippen LogP contribution >= 0.6 is 6.90 Å². The van der Waals surface area contributed by atoms with Gasteiger partial charge in [-0.15, -0.1) is 0 Å². The summed E-state index contributed by atoms with van der Waals surface area (Å²) in [5.41, 5.74) is 6.91. The summed E-state index contributed by atoms with van der Waals surface area (Å²) in [4.78, 5) is 73.8. The summed E-state index contributed by atoms with van der Waals surface area (Å²) in [6, 6.07) is 0. The van der Waals surface area contributed by atoms with Crippen molar-refractivity contribution < 1.29 is 52.1 Å². The number of methoxy groups -OCH3 is 4. The fourth-order valence-electron chi connectivity index (χ4n) is 6.36. The van der Waals surface area contributed by atoms with Gasteiger partial charge >= 0.3 is 264 Å². The van der Waals surface area contributed by atoms with Gasteiger partial charge in [-0.3, -0.25) is 0 Å². The van der Waals surface area contributed by atoms with Crippen molar-refractivity contribution in [1.29, 1.82) is 0 Å². The van der Waals surface area contributed by atoms with Crippen LogP contribution in [0.25, 0.3) is 5.53 Å². The van der Waals surface area contributed by atoms with E-state index < -0.39 is 82.7 Å². The molecule has 3 heterocycles. The Kier molecular flexibility index (Phi) is 8.54. The zero-order valence-corrected chi connectivity index (χ0v) is 30.3. The number of hydrogen-bond acceptors (Lipinski definition) is 11. The van der Waals surface area contributed by atoms with Crippen molar-refractivity contribution in [3.8, 4) is 0 Å². The van der Waals surface area contributed by atoms with Crippen molar-refractivity contribution >= 4 is 50.5 Å². The van der Waals surface area contributed by atoms with E-state index in [-0.39, 0.29) is 11.3 Å². The Morgan fingerprint density at radius 2 is 1.31 bits per heavy atom. The Hall–Kier alpha value is -3.64. The van der Waals surface area contributed by atoms with E-state index in [2.05, 4.69) is 4.79 Å². The molecule has 0 aromatic heterocycles. The first kappa shape index (κ1) is 35.8. The molecule has 0 saturated carbocycles. The summed E-state index contributed by atoms with van der Waals surface area (Å²) < 4.78 is 30.5. The summed E-state index contributed by atoms with van der Waals surface area (Å²) in [5.74, 6) is -5.07. The van der Waals surface area contributed by atoms with E-state index in [9.17, 15) is 29.5 Å². The number of hydrogen-bond donors (Lipinski definition) is 0. The number of ether oxygens (including phenoxy) is 4. The molecule has 1 spiro atoms. The summed E-state index contributed by atoms with van der Waals surface area (Å²) in [6.07, 6.45) is 1.30. The molecular formula is C29H43N4O10PSi. The number of allylic oxidation sites excluding steroid dienone is 1. The zero-order chi connectivity index (χ0) is 34.9. The molecule has 0 bridgehead atoms. The third-order valence-electron chi connectivity index (χ3n) is 9.16. The van der Waals surface area contributed by atoms with Gasteiger partial charge in [-0.2, -0.15) is 0 Å². The Balaban J connectivity index is 2.96. The van der Waals surface area contributed by atoms with Gasteiger partial charge in [-0.05, 0) is 0 Å². The quantitative estimate of drug-likeness (QED) is 0.0762. The third-order valence-corrected chi connectivity index (χ3v) is 19.6. The Morgan fingerprint density at radius 1 is 0.844 bits per heavy atom. The van der Waals surface area contributed by atoms with Crippen molar-refractivity contribution in [3.05, 3.63) is 39.1 Å².